The molecule has 1 aromatic rings. The van der Waals surface area contributed by atoms with Crippen molar-refractivity contribution in [2.45, 2.75) is 6.54 Å². The van der Waals surface area contributed by atoms with E-state index in [9.17, 15) is 4.79 Å². The van der Waals surface area contributed by atoms with Gasteiger partial charge in [-0.3, -0.25) is 9.69 Å². The van der Waals surface area contributed by atoms with Gasteiger partial charge in [0.15, 0.2) is 5.78 Å². The van der Waals surface area contributed by atoms with Crippen LogP contribution in [-0.2, 0) is 16.1 Å². The zero-order chi connectivity index (χ0) is 11.7. The molecule has 0 radical (unpaired) electrons. The van der Waals surface area contributed by atoms with E-state index in [2.05, 4.69) is 29.2 Å². The lowest BCUT2D eigenvalue weighted by molar-refractivity contribution is -0.134. The summed E-state index contributed by atoms with van der Waals surface area (Å²) >= 11 is 0. The molecule has 0 saturated carbocycles. The highest BCUT2D eigenvalue weighted by Crippen LogP contribution is 2.28. The number of likely N-dealkylation sites (tertiary alicyclic amines) is 1. The molecule has 0 unspecified atom stereocenters. The summed E-state index contributed by atoms with van der Waals surface area (Å²) in [6, 6.07) is 10.4. The fourth-order valence-electron chi connectivity index (χ4n) is 2.88. The second-order valence-electron chi connectivity index (χ2n) is 5.03. The van der Waals surface area contributed by atoms with Crippen molar-refractivity contribution < 1.29 is 9.53 Å². The van der Waals surface area contributed by atoms with Crippen molar-refractivity contribution in [3.8, 4) is 0 Å². The van der Waals surface area contributed by atoms with Crippen LogP contribution in [0.25, 0.3) is 0 Å². The molecule has 0 N–H and O–H groups in total. The van der Waals surface area contributed by atoms with Crippen LogP contribution in [-0.4, -0.2) is 37.0 Å². The number of carbonyl (C=O) groups excluding carboxylic acids is 1. The summed E-state index contributed by atoms with van der Waals surface area (Å²) < 4.78 is 5.32. The molecule has 0 aliphatic carbocycles. The van der Waals surface area contributed by atoms with Gasteiger partial charge in [0, 0.05) is 31.5 Å². The third-order valence-electron chi connectivity index (χ3n) is 3.76. The number of carbonyl (C=O) groups is 1. The molecule has 3 heteroatoms. The molecule has 3 nitrogen and oxygen atoms in total. The largest absolute Gasteiger partial charge is 0.373 e. The Bertz CT molecular complexity index is 404. The van der Waals surface area contributed by atoms with E-state index < -0.39 is 0 Å². The number of hydrogen-bond donors (Lipinski definition) is 0. The van der Waals surface area contributed by atoms with E-state index in [-0.39, 0.29) is 11.7 Å². The van der Waals surface area contributed by atoms with Crippen LogP contribution in [0.2, 0.25) is 0 Å². The van der Waals surface area contributed by atoms with Gasteiger partial charge in [0.2, 0.25) is 0 Å². The van der Waals surface area contributed by atoms with Crippen molar-refractivity contribution >= 4 is 5.78 Å². The molecule has 2 aliphatic rings. The highest BCUT2D eigenvalue weighted by Gasteiger charge is 2.39. The molecular weight excluding hydrogens is 214 g/mol. The van der Waals surface area contributed by atoms with Gasteiger partial charge in [-0.15, -0.1) is 0 Å². The Morgan fingerprint density at radius 2 is 2.06 bits per heavy atom. The number of ketones is 1. The average Bonchev–Trinajstić information content (AvgIpc) is 2.74. The van der Waals surface area contributed by atoms with E-state index >= 15 is 0 Å². The lowest BCUT2D eigenvalue weighted by atomic mass is 9.91. The van der Waals surface area contributed by atoms with Crippen LogP contribution < -0.4 is 0 Å². The number of nitrogens with zero attached hydrogens (tertiary/aromatic N) is 1. The molecule has 3 rings (SSSR count). The van der Waals surface area contributed by atoms with Crippen molar-refractivity contribution in [2.75, 3.05) is 26.3 Å². The highest BCUT2D eigenvalue weighted by molar-refractivity contribution is 5.83. The predicted octanol–water partition coefficient (Wildman–Crippen LogP) is 1.33. The fraction of sp³-hybridized carbons (Fsp3) is 0.500. The number of fused-ring (bicyclic) bond motifs is 1. The van der Waals surface area contributed by atoms with Crippen molar-refractivity contribution in [1.29, 1.82) is 0 Å². The van der Waals surface area contributed by atoms with Gasteiger partial charge in [-0.2, -0.15) is 0 Å². The van der Waals surface area contributed by atoms with E-state index in [0.29, 0.717) is 12.5 Å². The second kappa shape index (κ2) is 4.59. The fourth-order valence-corrected chi connectivity index (χ4v) is 2.88. The Kier molecular flexibility index (Phi) is 2.95. The Hall–Kier alpha value is -1.19. The molecule has 2 saturated heterocycles. The molecule has 2 fully saturated rings. The summed E-state index contributed by atoms with van der Waals surface area (Å²) in [5.74, 6) is 0.921. The van der Waals surface area contributed by atoms with Gasteiger partial charge in [0.1, 0.15) is 6.61 Å². The minimum absolute atomic E-state index is 0.215. The molecule has 0 spiro atoms. The molecule has 0 aromatic heterocycles. The highest BCUT2D eigenvalue weighted by atomic mass is 16.5. The molecular formula is C14H17NO2. The molecule has 2 heterocycles. The lowest BCUT2D eigenvalue weighted by Gasteiger charge is -2.22. The number of ether oxygens (including phenoxy) is 1. The quantitative estimate of drug-likeness (QED) is 0.769. The molecule has 1 aromatic carbocycles. The zero-order valence-corrected chi connectivity index (χ0v) is 9.84. The van der Waals surface area contributed by atoms with Gasteiger partial charge in [0.05, 0.1) is 6.61 Å². The molecule has 2 atom stereocenters. The number of hydrogen-bond acceptors (Lipinski definition) is 3. The maximum Gasteiger partial charge on any atom is 0.163 e. The minimum Gasteiger partial charge on any atom is -0.373 e. The lowest BCUT2D eigenvalue weighted by Crippen LogP contribution is -2.34. The molecule has 17 heavy (non-hydrogen) atoms. The van der Waals surface area contributed by atoms with Gasteiger partial charge < -0.3 is 4.74 Å². The first-order chi connectivity index (χ1) is 8.33. The van der Waals surface area contributed by atoms with Crippen molar-refractivity contribution in [1.82, 2.24) is 4.90 Å². The maximum atomic E-state index is 11.7. The molecule has 2 aliphatic heterocycles. The Morgan fingerprint density at radius 3 is 2.82 bits per heavy atom. The van der Waals surface area contributed by atoms with E-state index in [1.54, 1.807) is 0 Å². The van der Waals surface area contributed by atoms with Crippen LogP contribution in [0.1, 0.15) is 5.56 Å². The molecule has 0 amide bonds. The molecule has 90 valence electrons. The first-order valence-corrected chi connectivity index (χ1v) is 6.19. The standard InChI is InChI=1S/C14H17NO2/c16-14-10-17-9-12-7-15(8-13(12)14)6-11-4-2-1-3-5-11/h1-5,12-13H,6-10H2/t12-,13-/m1/s1. The predicted molar refractivity (Wildman–Crippen MR) is 64.5 cm³/mol. The average molecular weight is 231 g/mol. The number of rotatable bonds is 2. The van der Waals surface area contributed by atoms with E-state index in [1.165, 1.54) is 5.56 Å². The topological polar surface area (TPSA) is 29.5 Å². The van der Waals surface area contributed by atoms with Crippen LogP contribution in [0.4, 0.5) is 0 Å². The van der Waals surface area contributed by atoms with Crippen LogP contribution in [0.5, 0.6) is 0 Å². The van der Waals surface area contributed by atoms with Gasteiger partial charge in [-0.1, -0.05) is 30.3 Å². The van der Waals surface area contributed by atoms with E-state index in [1.807, 2.05) is 6.07 Å². The Balaban J connectivity index is 1.66. The molecule has 0 bridgehead atoms. The van der Waals surface area contributed by atoms with Gasteiger partial charge in [-0.05, 0) is 5.56 Å². The summed E-state index contributed by atoms with van der Waals surface area (Å²) in [6.07, 6.45) is 0. The monoisotopic (exact) mass is 231 g/mol. The SMILES string of the molecule is O=C1COC[C@H]2CN(Cc3ccccc3)C[C@@H]12. The summed E-state index contributed by atoms with van der Waals surface area (Å²) in [5, 5.41) is 0. The first kappa shape index (κ1) is 10.9. The zero-order valence-electron chi connectivity index (χ0n) is 9.84. The summed E-state index contributed by atoms with van der Waals surface area (Å²) in [6.45, 7) is 3.91. The van der Waals surface area contributed by atoms with Crippen molar-refractivity contribution in [3.63, 3.8) is 0 Å². The summed E-state index contributed by atoms with van der Waals surface area (Å²) in [7, 11) is 0. The normalized spacial score (nSPS) is 29.3. The van der Waals surface area contributed by atoms with Gasteiger partial charge in [0.25, 0.3) is 0 Å². The third-order valence-corrected chi connectivity index (χ3v) is 3.76. The van der Waals surface area contributed by atoms with Crippen molar-refractivity contribution in [3.05, 3.63) is 35.9 Å². The van der Waals surface area contributed by atoms with E-state index in [4.69, 9.17) is 4.74 Å². The summed E-state index contributed by atoms with van der Waals surface area (Å²) in [5.41, 5.74) is 1.32. The maximum absolute atomic E-state index is 11.7. The first-order valence-electron chi connectivity index (χ1n) is 6.19. The third kappa shape index (κ3) is 2.26. The number of benzene rings is 1. The van der Waals surface area contributed by atoms with Crippen LogP contribution in [0.15, 0.2) is 30.3 Å². The Morgan fingerprint density at radius 1 is 1.24 bits per heavy atom. The Labute approximate surface area is 101 Å². The number of Topliss-reactive ketones (excluding diaryl/α,β-unsaturated/α-hetero) is 1. The summed E-state index contributed by atoms with van der Waals surface area (Å²) in [4.78, 5) is 14.1. The minimum atomic E-state index is 0.215. The van der Waals surface area contributed by atoms with Crippen molar-refractivity contribution in [2.24, 2.45) is 11.8 Å². The van der Waals surface area contributed by atoms with Gasteiger partial charge >= 0.3 is 0 Å². The van der Waals surface area contributed by atoms with Crippen LogP contribution >= 0.6 is 0 Å². The smallest absolute Gasteiger partial charge is 0.163 e. The van der Waals surface area contributed by atoms with Crippen LogP contribution in [0.3, 0.4) is 0 Å². The second-order valence-corrected chi connectivity index (χ2v) is 5.03. The van der Waals surface area contributed by atoms with Crippen LogP contribution in [0, 0.1) is 11.8 Å². The van der Waals surface area contributed by atoms with E-state index in [0.717, 1.165) is 26.2 Å². The van der Waals surface area contributed by atoms with Gasteiger partial charge in [-0.25, -0.2) is 0 Å².